The first-order valence-electron chi connectivity index (χ1n) is 9.20. The smallest absolute Gasteiger partial charge is 0.276 e. The van der Waals surface area contributed by atoms with Crippen LogP contribution in [0.3, 0.4) is 0 Å². The summed E-state index contributed by atoms with van der Waals surface area (Å²) in [6.45, 7) is 5.86. The van der Waals surface area contributed by atoms with Crippen LogP contribution in [0.4, 0.5) is 0 Å². The van der Waals surface area contributed by atoms with E-state index in [-0.39, 0.29) is 35.5 Å². The second-order valence-electron chi connectivity index (χ2n) is 7.14. The molecule has 2 bridgehead atoms. The van der Waals surface area contributed by atoms with Crippen molar-refractivity contribution in [1.82, 2.24) is 20.0 Å². The fourth-order valence-electron chi connectivity index (χ4n) is 4.13. The minimum atomic E-state index is -0.334. The van der Waals surface area contributed by atoms with Gasteiger partial charge in [-0.2, -0.15) is 5.10 Å². The topological polar surface area (TPSA) is 67.2 Å². The number of carbonyl (C=O) groups is 1. The molecule has 0 radical (unpaired) electrons. The minimum Gasteiger partial charge on any atom is -0.346 e. The Bertz CT molecular complexity index is 858. The van der Waals surface area contributed by atoms with E-state index in [0.717, 1.165) is 44.4 Å². The maximum Gasteiger partial charge on any atom is 0.276 e. The van der Waals surface area contributed by atoms with Gasteiger partial charge in [-0.3, -0.25) is 14.3 Å². The van der Waals surface area contributed by atoms with Crippen LogP contribution in [0, 0.1) is 5.92 Å². The average Bonchev–Trinajstić information content (AvgIpc) is 2.65. The van der Waals surface area contributed by atoms with Gasteiger partial charge in [-0.25, -0.2) is 0 Å². The Morgan fingerprint density at radius 1 is 1.27 bits per heavy atom. The van der Waals surface area contributed by atoms with Crippen LogP contribution in [0.5, 0.6) is 0 Å². The second-order valence-corrected chi connectivity index (χ2v) is 7.14. The number of para-hydroxylation sites is 1. The predicted octanol–water partition coefficient (Wildman–Crippen LogP) is 2.05. The molecule has 0 saturated carbocycles. The first kappa shape index (κ1) is 18.9. The Balaban J connectivity index is 0.00000196. The van der Waals surface area contributed by atoms with E-state index in [4.69, 9.17) is 0 Å². The molecule has 3 fully saturated rings. The summed E-state index contributed by atoms with van der Waals surface area (Å²) < 4.78 is 1.78. The largest absolute Gasteiger partial charge is 0.346 e. The molecule has 3 aliphatic heterocycles. The third-order valence-electron chi connectivity index (χ3n) is 5.49. The van der Waals surface area contributed by atoms with Crippen molar-refractivity contribution in [1.29, 1.82) is 0 Å². The van der Waals surface area contributed by atoms with Crippen molar-refractivity contribution < 1.29 is 4.79 Å². The van der Waals surface area contributed by atoms with Gasteiger partial charge in [0.25, 0.3) is 5.91 Å². The van der Waals surface area contributed by atoms with Crippen molar-refractivity contribution in [3.8, 4) is 0 Å². The third kappa shape index (κ3) is 3.35. The molecule has 1 amide bonds. The molecular formula is C19H25ClN4O2. The van der Waals surface area contributed by atoms with E-state index in [0.29, 0.717) is 17.8 Å². The van der Waals surface area contributed by atoms with E-state index in [1.54, 1.807) is 10.7 Å². The van der Waals surface area contributed by atoms with Crippen molar-refractivity contribution in [2.45, 2.75) is 38.8 Å². The highest BCUT2D eigenvalue weighted by atomic mass is 35.5. The molecule has 2 aromatic rings. The third-order valence-corrected chi connectivity index (χ3v) is 5.49. The molecular weight excluding hydrogens is 352 g/mol. The van der Waals surface area contributed by atoms with Crippen LogP contribution in [-0.2, 0) is 6.54 Å². The first-order chi connectivity index (χ1) is 12.2. The maximum atomic E-state index is 12.8. The molecule has 3 saturated heterocycles. The molecule has 5 rings (SSSR count). The van der Waals surface area contributed by atoms with Crippen LogP contribution in [-0.4, -0.2) is 46.3 Å². The van der Waals surface area contributed by atoms with Crippen LogP contribution in [0.2, 0.25) is 0 Å². The highest BCUT2D eigenvalue weighted by molar-refractivity contribution is 5.95. The Morgan fingerprint density at radius 2 is 2.00 bits per heavy atom. The highest BCUT2D eigenvalue weighted by Crippen LogP contribution is 2.27. The molecule has 1 aromatic carbocycles. The fourth-order valence-corrected chi connectivity index (χ4v) is 4.13. The molecule has 7 heteroatoms. The number of hydrogen-bond donors (Lipinski definition) is 1. The molecule has 1 atom stereocenters. The maximum absolute atomic E-state index is 12.8. The number of halogens is 1. The number of nitrogens with zero attached hydrogens (tertiary/aromatic N) is 3. The van der Waals surface area contributed by atoms with Gasteiger partial charge in [-0.1, -0.05) is 19.1 Å². The van der Waals surface area contributed by atoms with Crippen molar-refractivity contribution in [2.24, 2.45) is 5.92 Å². The zero-order valence-corrected chi connectivity index (χ0v) is 15.8. The number of rotatable bonds is 4. The summed E-state index contributed by atoms with van der Waals surface area (Å²) in [4.78, 5) is 28.0. The van der Waals surface area contributed by atoms with Gasteiger partial charge >= 0.3 is 0 Å². The average molecular weight is 377 g/mol. The Hall–Kier alpha value is -1.92. The predicted molar refractivity (Wildman–Crippen MR) is 104 cm³/mol. The molecule has 0 spiro atoms. The SMILES string of the molecule is CCCn1nc(C(=O)NC2CN3CCC2CC3)c(=O)c2ccccc21.Cl. The minimum absolute atomic E-state index is 0. The molecule has 6 nitrogen and oxygen atoms in total. The van der Waals surface area contributed by atoms with Crippen LogP contribution < -0.4 is 10.7 Å². The molecule has 4 heterocycles. The number of nitrogens with one attached hydrogen (secondary N) is 1. The van der Waals surface area contributed by atoms with Crippen LogP contribution in [0.15, 0.2) is 29.1 Å². The fraction of sp³-hybridized carbons (Fsp3) is 0.526. The lowest BCUT2D eigenvalue weighted by atomic mass is 9.84. The zero-order valence-electron chi connectivity index (χ0n) is 15.0. The summed E-state index contributed by atoms with van der Waals surface area (Å²) in [6.07, 6.45) is 3.13. The molecule has 26 heavy (non-hydrogen) atoms. The Labute approximate surface area is 159 Å². The van der Waals surface area contributed by atoms with Crippen LogP contribution in [0.1, 0.15) is 36.7 Å². The second kappa shape index (κ2) is 7.76. The number of benzene rings is 1. The zero-order chi connectivity index (χ0) is 17.4. The number of piperidine rings is 3. The summed E-state index contributed by atoms with van der Waals surface area (Å²) in [7, 11) is 0. The highest BCUT2D eigenvalue weighted by Gasteiger charge is 2.35. The quantitative estimate of drug-likeness (QED) is 0.886. The Morgan fingerprint density at radius 3 is 2.65 bits per heavy atom. The standard InChI is InChI=1S/C19H24N4O2.ClH/c1-2-9-23-16-6-4-3-5-14(16)18(24)17(21-23)19(25)20-15-12-22-10-7-13(15)8-11-22;/h3-6,13,15H,2,7-12H2,1H3,(H,20,25);1H. The van der Waals surface area contributed by atoms with Gasteiger partial charge in [0.1, 0.15) is 0 Å². The van der Waals surface area contributed by atoms with Gasteiger partial charge < -0.3 is 10.2 Å². The van der Waals surface area contributed by atoms with Crippen molar-refractivity contribution in [2.75, 3.05) is 19.6 Å². The number of amides is 1. The van der Waals surface area contributed by atoms with E-state index < -0.39 is 0 Å². The lowest BCUT2D eigenvalue weighted by molar-refractivity contribution is 0.0616. The van der Waals surface area contributed by atoms with E-state index in [1.165, 1.54) is 0 Å². The van der Waals surface area contributed by atoms with E-state index in [2.05, 4.69) is 22.2 Å². The first-order valence-corrected chi connectivity index (χ1v) is 9.20. The molecule has 1 unspecified atom stereocenters. The van der Waals surface area contributed by atoms with Gasteiger partial charge in [-0.15, -0.1) is 12.4 Å². The molecule has 1 aromatic heterocycles. The summed E-state index contributed by atoms with van der Waals surface area (Å²) >= 11 is 0. The monoisotopic (exact) mass is 376 g/mol. The van der Waals surface area contributed by atoms with E-state index in [9.17, 15) is 9.59 Å². The number of fused-ring (bicyclic) bond motifs is 4. The molecule has 1 N–H and O–H groups in total. The van der Waals surface area contributed by atoms with Gasteiger partial charge in [-0.05, 0) is 50.4 Å². The lowest BCUT2D eigenvalue weighted by Gasteiger charge is -2.44. The lowest BCUT2D eigenvalue weighted by Crippen LogP contribution is -2.57. The number of hydrogen-bond acceptors (Lipinski definition) is 4. The van der Waals surface area contributed by atoms with Crippen molar-refractivity contribution in [3.63, 3.8) is 0 Å². The molecule has 140 valence electrons. The van der Waals surface area contributed by atoms with Crippen LogP contribution in [0.25, 0.3) is 10.9 Å². The number of aromatic nitrogens is 2. The van der Waals surface area contributed by atoms with Crippen molar-refractivity contribution >= 4 is 29.2 Å². The van der Waals surface area contributed by atoms with E-state index >= 15 is 0 Å². The number of aryl methyl sites for hydroxylation is 1. The normalized spacial score (nSPS) is 24.3. The summed E-state index contributed by atoms with van der Waals surface area (Å²) in [5.74, 6) is 0.187. The molecule has 3 aliphatic rings. The van der Waals surface area contributed by atoms with Crippen molar-refractivity contribution in [3.05, 3.63) is 40.2 Å². The molecule has 0 aliphatic carbocycles. The summed E-state index contributed by atoms with van der Waals surface area (Å²) in [5.41, 5.74) is 0.527. The van der Waals surface area contributed by atoms with Gasteiger partial charge in [0.2, 0.25) is 5.43 Å². The Kier molecular flexibility index (Phi) is 5.63. The number of carbonyl (C=O) groups excluding carboxylic acids is 1. The van der Waals surface area contributed by atoms with E-state index in [1.807, 2.05) is 18.2 Å². The van der Waals surface area contributed by atoms with Gasteiger partial charge in [0.05, 0.1) is 5.52 Å². The van der Waals surface area contributed by atoms with Gasteiger partial charge in [0.15, 0.2) is 5.69 Å². The van der Waals surface area contributed by atoms with Gasteiger partial charge in [0, 0.05) is 24.5 Å². The summed E-state index contributed by atoms with van der Waals surface area (Å²) in [6, 6.07) is 7.50. The van der Waals surface area contributed by atoms with Crippen LogP contribution >= 0.6 is 12.4 Å². The summed E-state index contributed by atoms with van der Waals surface area (Å²) in [5, 5.41) is 8.04.